The Morgan fingerprint density at radius 2 is 1.89 bits per heavy atom. The third-order valence-electron chi connectivity index (χ3n) is 2.81. The summed E-state index contributed by atoms with van der Waals surface area (Å²) in [5.41, 5.74) is 7.82. The summed E-state index contributed by atoms with van der Waals surface area (Å²) >= 11 is 0. The van der Waals surface area contributed by atoms with E-state index in [0.717, 1.165) is 11.1 Å². The highest BCUT2D eigenvalue weighted by atomic mass is 32.2. The van der Waals surface area contributed by atoms with Crippen LogP contribution in [0, 0.1) is 12.8 Å². The van der Waals surface area contributed by atoms with E-state index in [4.69, 9.17) is 10.5 Å². The number of aryl methyl sites for hydroxylation is 1. The minimum Gasteiger partial charge on any atom is -0.496 e. The van der Waals surface area contributed by atoms with Crippen LogP contribution in [-0.4, -0.2) is 27.0 Å². The first-order valence-electron chi connectivity index (χ1n) is 6.35. The van der Waals surface area contributed by atoms with Gasteiger partial charge in [0.25, 0.3) is 0 Å². The maximum absolute atomic E-state index is 12.0. The van der Waals surface area contributed by atoms with Crippen molar-refractivity contribution >= 4 is 9.84 Å². The Kier molecular flexibility index (Phi) is 5.38. The van der Waals surface area contributed by atoms with Crippen molar-refractivity contribution in [1.29, 1.82) is 0 Å². The van der Waals surface area contributed by atoms with Crippen LogP contribution in [-0.2, 0) is 9.84 Å². The smallest absolute Gasteiger partial charge is 0.152 e. The fourth-order valence-electron chi connectivity index (χ4n) is 2.08. The average Bonchev–Trinajstić information content (AvgIpc) is 2.26. The van der Waals surface area contributed by atoms with Crippen molar-refractivity contribution in [2.45, 2.75) is 26.8 Å². The third kappa shape index (κ3) is 4.84. The van der Waals surface area contributed by atoms with E-state index in [0.29, 0.717) is 5.75 Å². The molecule has 0 aliphatic heterocycles. The van der Waals surface area contributed by atoms with Gasteiger partial charge in [-0.15, -0.1) is 0 Å². The molecule has 1 rings (SSSR count). The van der Waals surface area contributed by atoms with Gasteiger partial charge >= 0.3 is 0 Å². The number of sulfone groups is 1. The van der Waals surface area contributed by atoms with Gasteiger partial charge < -0.3 is 10.5 Å². The molecule has 19 heavy (non-hydrogen) atoms. The van der Waals surface area contributed by atoms with E-state index in [1.165, 1.54) is 0 Å². The van der Waals surface area contributed by atoms with E-state index < -0.39 is 15.9 Å². The molecule has 0 amide bonds. The van der Waals surface area contributed by atoms with Crippen LogP contribution in [0.4, 0.5) is 0 Å². The number of ether oxygens (including phenoxy) is 1. The number of rotatable bonds is 6. The molecule has 0 aliphatic rings. The zero-order valence-corrected chi connectivity index (χ0v) is 12.8. The van der Waals surface area contributed by atoms with E-state index in [2.05, 4.69) is 0 Å². The lowest BCUT2D eigenvalue weighted by Gasteiger charge is -2.17. The highest BCUT2D eigenvalue weighted by Gasteiger charge is 2.21. The molecule has 1 atom stereocenters. The molecular formula is C14H23NO3S. The van der Waals surface area contributed by atoms with Gasteiger partial charge in [-0.25, -0.2) is 8.42 Å². The lowest BCUT2D eigenvalue weighted by molar-refractivity contribution is 0.407. The van der Waals surface area contributed by atoms with Gasteiger partial charge in [-0.1, -0.05) is 31.5 Å². The van der Waals surface area contributed by atoms with E-state index in [1.807, 2.05) is 39.0 Å². The second-order valence-corrected chi connectivity index (χ2v) is 7.48. The molecule has 1 aromatic carbocycles. The molecule has 0 radical (unpaired) electrons. The maximum Gasteiger partial charge on any atom is 0.152 e. The van der Waals surface area contributed by atoms with Crippen molar-refractivity contribution in [2.75, 3.05) is 18.6 Å². The summed E-state index contributed by atoms with van der Waals surface area (Å²) < 4.78 is 29.2. The third-order valence-corrected chi connectivity index (χ3v) is 4.85. The predicted octanol–water partition coefficient (Wildman–Crippen LogP) is 2.07. The fraction of sp³-hybridized carbons (Fsp3) is 0.571. The Hall–Kier alpha value is -1.07. The summed E-state index contributed by atoms with van der Waals surface area (Å²) in [4.78, 5) is 0. The molecule has 5 heteroatoms. The van der Waals surface area contributed by atoms with Crippen LogP contribution in [0.5, 0.6) is 5.75 Å². The minimum absolute atomic E-state index is 0.0506. The fourth-order valence-corrected chi connectivity index (χ4v) is 3.96. The SMILES string of the molecule is COc1ccc(C)cc1C(N)CS(=O)(=O)CC(C)C. The molecule has 108 valence electrons. The molecule has 0 aromatic heterocycles. The summed E-state index contributed by atoms with van der Waals surface area (Å²) in [7, 11) is -1.59. The molecule has 1 unspecified atom stereocenters. The Morgan fingerprint density at radius 3 is 2.42 bits per heavy atom. The molecule has 0 saturated heterocycles. The first kappa shape index (κ1) is 16.0. The average molecular weight is 285 g/mol. The molecular weight excluding hydrogens is 262 g/mol. The number of hydrogen-bond donors (Lipinski definition) is 1. The molecule has 0 spiro atoms. The van der Waals surface area contributed by atoms with Gasteiger partial charge in [0, 0.05) is 11.6 Å². The van der Waals surface area contributed by atoms with Crippen molar-refractivity contribution < 1.29 is 13.2 Å². The quantitative estimate of drug-likeness (QED) is 0.868. The van der Waals surface area contributed by atoms with Crippen LogP contribution in [0.2, 0.25) is 0 Å². The van der Waals surface area contributed by atoms with Gasteiger partial charge in [-0.2, -0.15) is 0 Å². The number of nitrogens with two attached hydrogens (primary N) is 1. The standard InChI is InChI=1S/C14H23NO3S/c1-10(2)8-19(16,17)9-13(15)12-7-11(3)5-6-14(12)18-4/h5-7,10,13H,8-9,15H2,1-4H3. The maximum atomic E-state index is 12.0. The topological polar surface area (TPSA) is 69.4 Å². The Bertz CT molecular complexity index is 523. The Balaban J connectivity index is 2.95. The van der Waals surface area contributed by atoms with Gasteiger partial charge in [-0.3, -0.25) is 0 Å². The molecule has 1 aromatic rings. The van der Waals surface area contributed by atoms with Crippen molar-refractivity contribution in [3.8, 4) is 5.75 Å². The number of hydrogen-bond acceptors (Lipinski definition) is 4. The predicted molar refractivity (Wildman–Crippen MR) is 78.2 cm³/mol. The number of benzene rings is 1. The second-order valence-electron chi connectivity index (χ2n) is 5.32. The Labute approximate surface area is 115 Å². The van der Waals surface area contributed by atoms with Crippen LogP contribution >= 0.6 is 0 Å². The normalized spacial score (nSPS) is 13.6. The largest absolute Gasteiger partial charge is 0.496 e. The van der Waals surface area contributed by atoms with Crippen LogP contribution in [0.15, 0.2) is 18.2 Å². The summed E-state index contributed by atoms with van der Waals surface area (Å²) in [5, 5.41) is 0. The van der Waals surface area contributed by atoms with Crippen LogP contribution in [0.3, 0.4) is 0 Å². The van der Waals surface area contributed by atoms with Gasteiger partial charge in [0.1, 0.15) is 5.75 Å². The van der Waals surface area contributed by atoms with E-state index in [1.54, 1.807) is 7.11 Å². The lowest BCUT2D eigenvalue weighted by Crippen LogP contribution is -2.25. The highest BCUT2D eigenvalue weighted by Crippen LogP contribution is 2.26. The summed E-state index contributed by atoms with van der Waals surface area (Å²) in [6.07, 6.45) is 0. The molecule has 0 heterocycles. The first-order chi connectivity index (χ1) is 8.75. The molecule has 0 fully saturated rings. The van der Waals surface area contributed by atoms with Crippen LogP contribution < -0.4 is 10.5 Å². The Morgan fingerprint density at radius 1 is 1.26 bits per heavy atom. The molecule has 0 bridgehead atoms. The summed E-state index contributed by atoms with van der Waals surface area (Å²) in [6.45, 7) is 5.71. The van der Waals surface area contributed by atoms with Crippen molar-refractivity contribution in [2.24, 2.45) is 11.7 Å². The van der Waals surface area contributed by atoms with E-state index in [-0.39, 0.29) is 17.4 Å². The zero-order chi connectivity index (χ0) is 14.6. The molecule has 4 nitrogen and oxygen atoms in total. The molecule has 0 saturated carbocycles. The van der Waals surface area contributed by atoms with Gasteiger partial charge in [-0.05, 0) is 18.9 Å². The van der Waals surface area contributed by atoms with Crippen LogP contribution in [0.25, 0.3) is 0 Å². The second kappa shape index (κ2) is 6.39. The van der Waals surface area contributed by atoms with Crippen LogP contribution in [0.1, 0.15) is 31.0 Å². The van der Waals surface area contributed by atoms with Crippen molar-refractivity contribution in [3.63, 3.8) is 0 Å². The number of methoxy groups -OCH3 is 1. The summed E-state index contributed by atoms with van der Waals surface area (Å²) in [6, 6.07) is 5.06. The van der Waals surface area contributed by atoms with Crippen molar-refractivity contribution in [3.05, 3.63) is 29.3 Å². The lowest BCUT2D eigenvalue weighted by atomic mass is 10.1. The first-order valence-corrected chi connectivity index (χ1v) is 8.18. The van der Waals surface area contributed by atoms with Gasteiger partial charge in [0.15, 0.2) is 9.84 Å². The zero-order valence-electron chi connectivity index (χ0n) is 12.0. The molecule has 0 aliphatic carbocycles. The summed E-state index contributed by atoms with van der Waals surface area (Å²) in [5.74, 6) is 0.856. The monoisotopic (exact) mass is 285 g/mol. The van der Waals surface area contributed by atoms with E-state index in [9.17, 15) is 8.42 Å². The van der Waals surface area contributed by atoms with E-state index >= 15 is 0 Å². The van der Waals surface area contributed by atoms with Crippen molar-refractivity contribution in [1.82, 2.24) is 0 Å². The molecule has 2 N–H and O–H groups in total. The highest BCUT2D eigenvalue weighted by molar-refractivity contribution is 7.91. The van der Waals surface area contributed by atoms with Gasteiger partial charge in [0.2, 0.25) is 0 Å². The van der Waals surface area contributed by atoms with Gasteiger partial charge in [0.05, 0.1) is 18.6 Å². The minimum atomic E-state index is -3.15.